The number of anilines is 2. The number of benzene rings is 1. The molecule has 2 fully saturated rings. The van der Waals surface area contributed by atoms with E-state index in [0.29, 0.717) is 22.3 Å². The van der Waals surface area contributed by atoms with Crippen molar-refractivity contribution in [3.05, 3.63) is 46.1 Å². The number of hydrogen-bond donors (Lipinski definition) is 2. The first-order valence-corrected chi connectivity index (χ1v) is 12.2. The van der Waals surface area contributed by atoms with Crippen molar-refractivity contribution in [3.63, 3.8) is 0 Å². The number of aromatic nitrogens is 2. The Labute approximate surface area is 199 Å². The average molecular weight is 478 g/mol. The van der Waals surface area contributed by atoms with Gasteiger partial charge in [-0.1, -0.05) is 48.2 Å². The topological polar surface area (TPSA) is 53.1 Å². The normalized spacial score (nSPS) is 20.5. The third kappa shape index (κ3) is 5.41. The fraction of sp³-hybridized carbons (Fsp3) is 0.522. The smallest absolute Gasteiger partial charge is 0.232 e. The van der Waals surface area contributed by atoms with Crippen LogP contribution in [-0.4, -0.2) is 34.2 Å². The number of nitrogens with zero attached hydrogens (tertiary/aromatic N) is 3. The summed E-state index contributed by atoms with van der Waals surface area (Å²) in [5.74, 6) is 1.29. The van der Waals surface area contributed by atoms with Crippen LogP contribution < -0.4 is 15.5 Å². The Kier molecular flexibility index (Phi) is 7.19. The standard InChI is InChI=1S/C23H29Cl2N5S/c1-16-6-2-5-13-30(16)20-14-19(25)27-21(28-20)29-22(31)26-15-23(11-3-4-12-23)17-7-9-18(24)10-8-17/h7-10,14,16H,2-6,11-13,15H2,1H3,(H2,26,27,28,29,31)/t16-/m1/s1. The highest BCUT2D eigenvalue weighted by Crippen LogP contribution is 2.41. The van der Waals surface area contributed by atoms with Gasteiger partial charge in [-0.3, -0.25) is 0 Å². The Balaban J connectivity index is 1.43. The second-order valence-corrected chi connectivity index (χ2v) is 9.94. The van der Waals surface area contributed by atoms with E-state index in [1.165, 1.54) is 31.2 Å². The van der Waals surface area contributed by atoms with Crippen molar-refractivity contribution in [2.75, 3.05) is 23.3 Å². The summed E-state index contributed by atoms with van der Waals surface area (Å²) in [7, 11) is 0. The van der Waals surface area contributed by atoms with Gasteiger partial charge < -0.3 is 15.5 Å². The highest BCUT2D eigenvalue weighted by Gasteiger charge is 2.35. The van der Waals surface area contributed by atoms with Gasteiger partial charge in [-0.05, 0) is 68.9 Å². The van der Waals surface area contributed by atoms with Crippen molar-refractivity contribution >= 4 is 52.3 Å². The third-order valence-corrected chi connectivity index (χ3v) is 7.30. The molecule has 1 aromatic heterocycles. The molecule has 0 unspecified atom stereocenters. The Morgan fingerprint density at radius 3 is 2.58 bits per heavy atom. The molecule has 1 aliphatic heterocycles. The Morgan fingerprint density at radius 1 is 1.13 bits per heavy atom. The van der Waals surface area contributed by atoms with E-state index in [9.17, 15) is 0 Å². The molecule has 31 heavy (non-hydrogen) atoms. The number of thiocarbonyl (C=S) groups is 1. The molecule has 0 amide bonds. The number of rotatable bonds is 5. The van der Waals surface area contributed by atoms with Gasteiger partial charge in [-0.15, -0.1) is 0 Å². The van der Waals surface area contributed by atoms with Gasteiger partial charge in [0.1, 0.15) is 11.0 Å². The van der Waals surface area contributed by atoms with Crippen LogP contribution in [0, 0.1) is 0 Å². The van der Waals surface area contributed by atoms with E-state index in [0.717, 1.165) is 43.2 Å². The maximum absolute atomic E-state index is 6.30. The summed E-state index contributed by atoms with van der Waals surface area (Å²) in [5.41, 5.74) is 1.38. The lowest BCUT2D eigenvalue weighted by Gasteiger charge is -2.34. The Hall–Kier alpha value is -1.63. The van der Waals surface area contributed by atoms with Crippen LogP contribution in [-0.2, 0) is 5.41 Å². The SMILES string of the molecule is C[C@@H]1CCCCN1c1cc(Cl)nc(NC(=S)NCC2(c3ccc(Cl)cc3)CCCC2)n1. The lowest BCUT2D eigenvalue weighted by atomic mass is 9.79. The van der Waals surface area contributed by atoms with E-state index >= 15 is 0 Å². The van der Waals surface area contributed by atoms with Crippen LogP contribution in [0.2, 0.25) is 10.2 Å². The zero-order valence-electron chi connectivity index (χ0n) is 17.8. The number of halogens is 2. The molecule has 166 valence electrons. The second kappa shape index (κ2) is 9.88. The van der Waals surface area contributed by atoms with Crippen LogP contribution in [0.15, 0.2) is 30.3 Å². The molecule has 1 aromatic carbocycles. The molecular formula is C23H29Cl2N5S. The first-order valence-electron chi connectivity index (χ1n) is 11.1. The fourth-order valence-electron chi connectivity index (χ4n) is 4.87. The molecule has 5 nitrogen and oxygen atoms in total. The largest absolute Gasteiger partial charge is 0.361 e. The summed E-state index contributed by atoms with van der Waals surface area (Å²) >= 11 is 18.0. The zero-order chi connectivity index (χ0) is 21.8. The fourth-order valence-corrected chi connectivity index (χ4v) is 5.33. The highest BCUT2D eigenvalue weighted by atomic mass is 35.5. The van der Waals surface area contributed by atoms with Crippen molar-refractivity contribution in [1.82, 2.24) is 15.3 Å². The molecule has 2 N–H and O–H groups in total. The van der Waals surface area contributed by atoms with Crippen LogP contribution in [0.1, 0.15) is 57.4 Å². The minimum atomic E-state index is 0.0694. The minimum Gasteiger partial charge on any atom is -0.361 e. The maximum Gasteiger partial charge on any atom is 0.232 e. The van der Waals surface area contributed by atoms with E-state index < -0.39 is 0 Å². The summed E-state index contributed by atoms with van der Waals surface area (Å²) < 4.78 is 0. The molecule has 2 aliphatic rings. The monoisotopic (exact) mass is 477 g/mol. The molecular weight excluding hydrogens is 449 g/mol. The van der Waals surface area contributed by atoms with Gasteiger partial charge in [-0.25, -0.2) is 4.98 Å². The van der Waals surface area contributed by atoms with Crippen molar-refractivity contribution in [2.24, 2.45) is 0 Å². The van der Waals surface area contributed by atoms with Gasteiger partial charge in [0.05, 0.1) is 0 Å². The minimum absolute atomic E-state index is 0.0694. The third-order valence-electron chi connectivity index (χ3n) is 6.61. The molecule has 0 spiro atoms. The van der Waals surface area contributed by atoms with Gasteiger partial charge in [0.25, 0.3) is 0 Å². The molecule has 0 radical (unpaired) electrons. The number of piperidine rings is 1. The molecule has 0 bridgehead atoms. The quantitative estimate of drug-likeness (QED) is 0.409. The highest BCUT2D eigenvalue weighted by molar-refractivity contribution is 7.80. The first-order chi connectivity index (χ1) is 14.9. The van der Waals surface area contributed by atoms with Crippen LogP contribution in [0.4, 0.5) is 11.8 Å². The molecule has 2 aromatic rings. The van der Waals surface area contributed by atoms with E-state index in [1.807, 2.05) is 18.2 Å². The predicted molar refractivity (Wildman–Crippen MR) is 134 cm³/mol. The van der Waals surface area contributed by atoms with Crippen LogP contribution in [0.5, 0.6) is 0 Å². The number of hydrogen-bond acceptors (Lipinski definition) is 4. The van der Waals surface area contributed by atoms with Crippen molar-refractivity contribution in [1.29, 1.82) is 0 Å². The lowest BCUT2D eigenvalue weighted by molar-refractivity contribution is 0.435. The zero-order valence-corrected chi connectivity index (χ0v) is 20.2. The van der Waals surface area contributed by atoms with E-state index in [-0.39, 0.29) is 5.41 Å². The summed E-state index contributed by atoms with van der Waals surface area (Å²) in [4.78, 5) is 11.3. The van der Waals surface area contributed by atoms with Gasteiger partial charge in [0.15, 0.2) is 5.11 Å². The van der Waals surface area contributed by atoms with Crippen LogP contribution in [0.3, 0.4) is 0 Å². The summed E-state index contributed by atoms with van der Waals surface area (Å²) in [6.45, 7) is 3.98. The van der Waals surface area contributed by atoms with E-state index in [1.54, 1.807) is 0 Å². The van der Waals surface area contributed by atoms with Gasteiger partial charge in [0, 0.05) is 35.6 Å². The Bertz CT molecular complexity index is 915. The Morgan fingerprint density at radius 2 is 1.87 bits per heavy atom. The molecule has 8 heteroatoms. The van der Waals surface area contributed by atoms with Crippen LogP contribution >= 0.6 is 35.4 Å². The molecule has 1 saturated heterocycles. The molecule has 4 rings (SSSR count). The van der Waals surface area contributed by atoms with E-state index in [4.69, 9.17) is 35.4 Å². The maximum atomic E-state index is 6.30. The average Bonchev–Trinajstić information content (AvgIpc) is 3.23. The summed E-state index contributed by atoms with van der Waals surface area (Å²) in [6, 6.07) is 10.5. The van der Waals surface area contributed by atoms with Crippen molar-refractivity contribution in [3.8, 4) is 0 Å². The molecule has 2 heterocycles. The van der Waals surface area contributed by atoms with Crippen molar-refractivity contribution < 1.29 is 0 Å². The van der Waals surface area contributed by atoms with Crippen molar-refractivity contribution in [2.45, 2.75) is 63.3 Å². The van der Waals surface area contributed by atoms with Gasteiger partial charge in [-0.2, -0.15) is 4.98 Å². The second-order valence-electron chi connectivity index (χ2n) is 8.71. The first kappa shape index (κ1) is 22.6. The lowest BCUT2D eigenvalue weighted by Crippen LogP contribution is -2.41. The number of nitrogens with one attached hydrogen (secondary N) is 2. The summed E-state index contributed by atoms with van der Waals surface area (Å²) in [5, 5.41) is 8.24. The van der Waals surface area contributed by atoms with E-state index in [2.05, 4.69) is 44.6 Å². The van der Waals surface area contributed by atoms with Gasteiger partial charge in [0.2, 0.25) is 5.95 Å². The van der Waals surface area contributed by atoms with Gasteiger partial charge >= 0.3 is 0 Å². The molecule has 1 atom stereocenters. The summed E-state index contributed by atoms with van der Waals surface area (Å²) in [6.07, 6.45) is 8.30. The molecule has 1 aliphatic carbocycles. The predicted octanol–water partition coefficient (Wildman–Crippen LogP) is 5.96. The molecule has 1 saturated carbocycles. The van der Waals surface area contributed by atoms with Crippen LogP contribution in [0.25, 0.3) is 0 Å².